The summed E-state index contributed by atoms with van der Waals surface area (Å²) in [5.41, 5.74) is 0.151. The van der Waals surface area contributed by atoms with Crippen molar-refractivity contribution in [2.24, 2.45) is 0 Å². The van der Waals surface area contributed by atoms with Crippen LogP contribution in [0.5, 0.6) is 11.5 Å². The van der Waals surface area contributed by atoms with E-state index in [0.29, 0.717) is 29.0 Å². The van der Waals surface area contributed by atoms with Gasteiger partial charge in [-0.15, -0.1) is 16.8 Å². The van der Waals surface area contributed by atoms with E-state index in [9.17, 15) is 14.9 Å². The van der Waals surface area contributed by atoms with E-state index in [1.165, 1.54) is 30.0 Å². The summed E-state index contributed by atoms with van der Waals surface area (Å²) >= 11 is 1.20. The summed E-state index contributed by atoms with van der Waals surface area (Å²) < 4.78 is 13.0. The molecule has 0 N–H and O–H groups in total. The molecule has 0 fully saturated rings. The van der Waals surface area contributed by atoms with Crippen LogP contribution in [0, 0.1) is 10.1 Å². The molecule has 3 aromatic rings. The van der Waals surface area contributed by atoms with E-state index >= 15 is 0 Å². The SMILES string of the molecule is C=CCn1c(SCC(=O)c2cccc([N+](=O)[O-])c2)nnc1C(C)Oc1cccc(OC)c1. The van der Waals surface area contributed by atoms with Crippen LogP contribution in [0.2, 0.25) is 0 Å². The van der Waals surface area contributed by atoms with Gasteiger partial charge in [-0.1, -0.05) is 36.0 Å². The summed E-state index contributed by atoms with van der Waals surface area (Å²) in [6.07, 6.45) is 1.29. The fraction of sp³-hybridized carbons (Fsp3) is 0.227. The molecule has 0 aliphatic rings. The number of allylic oxidation sites excluding steroid dienone is 1. The number of rotatable bonds is 11. The van der Waals surface area contributed by atoms with Crippen molar-refractivity contribution in [3.63, 3.8) is 0 Å². The summed E-state index contributed by atoms with van der Waals surface area (Å²) in [4.78, 5) is 23.0. The maximum atomic E-state index is 12.5. The van der Waals surface area contributed by atoms with Gasteiger partial charge in [0.2, 0.25) is 0 Å². The van der Waals surface area contributed by atoms with Gasteiger partial charge in [0.25, 0.3) is 5.69 Å². The zero-order chi connectivity index (χ0) is 23.1. The topological polar surface area (TPSA) is 109 Å². The number of ketones is 1. The van der Waals surface area contributed by atoms with Crippen LogP contribution < -0.4 is 9.47 Å². The lowest BCUT2D eigenvalue weighted by atomic mass is 10.1. The number of Topliss-reactive ketones (excluding diaryl/α,β-unsaturated/α-hetero) is 1. The van der Waals surface area contributed by atoms with Gasteiger partial charge in [0, 0.05) is 30.3 Å². The van der Waals surface area contributed by atoms with Gasteiger partial charge in [0.15, 0.2) is 22.9 Å². The number of nitro benzene ring substituents is 1. The number of nitro groups is 1. The standard InChI is InChI=1S/C22H22N4O5S/c1-4-11-25-21(15(2)31-19-10-6-9-18(13-19)30-3)23-24-22(25)32-14-20(27)16-7-5-8-17(12-16)26(28)29/h4-10,12-13,15H,1,11,14H2,2-3H3. The molecule has 0 saturated carbocycles. The number of non-ortho nitro benzene ring substituents is 1. The van der Waals surface area contributed by atoms with Crippen molar-refractivity contribution in [1.29, 1.82) is 0 Å². The van der Waals surface area contributed by atoms with Crippen LogP contribution in [0.1, 0.15) is 29.2 Å². The number of methoxy groups -OCH3 is 1. The number of nitrogens with zero attached hydrogens (tertiary/aromatic N) is 4. The first-order valence-electron chi connectivity index (χ1n) is 9.68. The third-order valence-electron chi connectivity index (χ3n) is 4.49. The van der Waals surface area contributed by atoms with Crippen LogP contribution in [-0.4, -0.2) is 38.3 Å². The van der Waals surface area contributed by atoms with Gasteiger partial charge in [-0.05, 0) is 19.1 Å². The van der Waals surface area contributed by atoms with Crippen molar-refractivity contribution in [3.05, 3.63) is 82.7 Å². The molecule has 0 spiro atoms. The number of thioether (sulfide) groups is 1. The number of carbonyl (C=O) groups is 1. The molecule has 1 atom stereocenters. The Labute approximate surface area is 189 Å². The van der Waals surface area contributed by atoms with Crippen molar-refractivity contribution in [1.82, 2.24) is 14.8 Å². The van der Waals surface area contributed by atoms with Gasteiger partial charge >= 0.3 is 0 Å². The number of ether oxygens (including phenoxy) is 2. The Balaban J connectivity index is 1.74. The summed E-state index contributed by atoms with van der Waals surface area (Å²) in [5.74, 6) is 1.70. The lowest BCUT2D eigenvalue weighted by molar-refractivity contribution is -0.384. The Morgan fingerprint density at radius 1 is 1.25 bits per heavy atom. The van der Waals surface area contributed by atoms with Crippen molar-refractivity contribution in [2.45, 2.75) is 24.7 Å². The molecule has 0 radical (unpaired) electrons. The van der Waals surface area contributed by atoms with E-state index in [0.717, 1.165) is 0 Å². The molecule has 166 valence electrons. The number of aromatic nitrogens is 3. The van der Waals surface area contributed by atoms with Gasteiger partial charge in [0.1, 0.15) is 11.5 Å². The maximum absolute atomic E-state index is 12.5. The Morgan fingerprint density at radius 3 is 2.72 bits per heavy atom. The van der Waals surface area contributed by atoms with Crippen molar-refractivity contribution >= 4 is 23.2 Å². The second-order valence-electron chi connectivity index (χ2n) is 6.70. The predicted octanol–water partition coefficient (Wildman–Crippen LogP) is 4.50. The molecule has 0 aliphatic heterocycles. The minimum atomic E-state index is -0.527. The quantitative estimate of drug-likeness (QED) is 0.137. The minimum absolute atomic E-state index is 0.0571. The van der Waals surface area contributed by atoms with Gasteiger partial charge in [-0.25, -0.2) is 0 Å². The Morgan fingerprint density at radius 2 is 2.00 bits per heavy atom. The summed E-state index contributed by atoms with van der Waals surface area (Å²) in [6, 6.07) is 12.9. The first-order chi connectivity index (χ1) is 15.4. The van der Waals surface area contributed by atoms with Crippen molar-refractivity contribution < 1.29 is 19.2 Å². The monoisotopic (exact) mass is 454 g/mol. The number of carbonyl (C=O) groups excluding carboxylic acids is 1. The molecule has 0 bridgehead atoms. The molecule has 9 nitrogen and oxygen atoms in total. The fourth-order valence-corrected chi connectivity index (χ4v) is 3.80. The molecule has 10 heteroatoms. The third-order valence-corrected chi connectivity index (χ3v) is 5.45. The second kappa shape index (κ2) is 10.6. The molecule has 32 heavy (non-hydrogen) atoms. The lowest BCUT2D eigenvalue weighted by Crippen LogP contribution is -2.12. The highest BCUT2D eigenvalue weighted by Crippen LogP contribution is 2.27. The lowest BCUT2D eigenvalue weighted by Gasteiger charge is -2.16. The number of hydrogen-bond donors (Lipinski definition) is 0. The van der Waals surface area contributed by atoms with Crippen LogP contribution in [-0.2, 0) is 6.54 Å². The van der Waals surface area contributed by atoms with Crippen LogP contribution in [0.25, 0.3) is 0 Å². The second-order valence-corrected chi connectivity index (χ2v) is 7.64. The molecule has 1 heterocycles. The molecule has 0 saturated heterocycles. The first-order valence-corrected chi connectivity index (χ1v) is 10.7. The first kappa shape index (κ1) is 23.0. The smallest absolute Gasteiger partial charge is 0.270 e. The molecule has 1 aromatic heterocycles. The van der Waals surface area contributed by atoms with Crippen molar-refractivity contribution in [2.75, 3.05) is 12.9 Å². The summed E-state index contributed by atoms with van der Waals surface area (Å²) in [6.45, 7) is 6.06. The van der Waals surface area contributed by atoms with Gasteiger partial charge < -0.3 is 9.47 Å². The Hall–Kier alpha value is -3.66. The Kier molecular flexibility index (Phi) is 7.61. The molecular weight excluding hydrogens is 432 g/mol. The number of benzene rings is 2. The molecule has 0 amide bonds. The largest absolute Gasteiger partial charge is 0.497 e. The predicted molar refractivity (Wildman–Crippen MR) is 120 cm³/mol. The number of hydrogen-bond acceptors (Lipinski definition) is 8. The average Bonchev–Trinajstić information content (AvgIpc) is 3.20. The summed E-state index contributed by atoms with van der Waals surface area (Å²) in [7, 11) is 1.59. The van der Waals surface area contributed by atoms with Gasteiger partial charge in [0.05, 0.1) is 17.8 Å². The normalized spacial score (nSPS) is 11.6. The molecule has 1 unspecified atom stereocenters. The fourth-order valence-electron chi connectivity index (χ4n) is 2.95. The minimum Gasteiger partial charge on any atom is -0.497 e. The van der Waals surface area contributed by atoms with E-state index in [2.05, 4.69) is 16.8 Å². The van der Waals surface area contributed by atoms with Gasteiger partial charge in [-0.3, -0.25) is 19.5 Å². The Bertz CT molecular complexity index is 1130. The molecular formula is C22H22N4O5S. The highest BCUT2D eigenvalue weighted by molar-refractivity contribution is 7.99. The highest BCUT2D eigenvalue weighted by Gasteiger charge is 2.20. The van der Waals surface area contributed by atoms with Gasteiger partial charge in [-0.2, -0.15) is 0 Å². The average molecular weight is 455 g/mol. The summed E-state index contributed by atoms with van der Waals surface area (Å²) in [5, 5.41) is 19.9. The maximum Gasteiger partial charge on any atom is 0.270 e. The van der Waals surface area contributed by atoms with E-state index in [-0.39, 0.29) is 22.8 Å². The van der Waals surface area contributed by atoms with Crippen LogP contribution in [0.15, 0.2) is 66.3 Å². The zero-order valence-electron chi connectivity index (χ0n) is 17.6. The molecule has 2 aromatic carbocycles. The molecule has 0 aliphatic carbocycles. The van der Waals surface area contributed by atoms with E-state index in [1.54, 1.807) is 25.3 Å². The van der Waals surface area contributed by atoms with Crippen molar-refractivity contribution in [3.8, 4) is 11.5 Å². The van der Waals surface area contributed by atoms with E-state index in [1.807, 2.05) is 29.7 Å². The van der Waals surface area contributed by atoms with Crippen LogP contribution >= 0.6 is 11.8 Å². The van der Waals surface area contributed by atoms with Crippen LogP contribution in [0.4, 0.5) is 5.69 Å². The third kappa shape index (κ3) is 5.52. The molecule has 3 rings (SSSR count). The van der Waals surface area contributed by atoms with E-state index in [4.69, 9.17) is 9.47 Å². The van der Waals surface area contributed by atoms with E-state index < -0.39 is 11.0 Å². The zero-order valence-corrected chi connectivity index (χ0v) is 18.4. The highest BCUT2D eigenvalue weighted by atomic mass is 32.2. The van der Waals surface area contributed by atoms with Crippen LogP contribution in [0.3, 0.4) is 0 Å².